The molecule has 0 aliphatic heterocycles. The van der Waals surface area contributed by atoms with E-state index in [0.29, 0.717) is 22.5 Å². The smallest absolute Gasteiger partial charge is 0.323 e. The number of ketones is 1. The highest BCUT2D eigenvalue weighted by molar-refractivity contribution is 6.11. The van der Waals surface area contributed by atoms with Crippen LogP contribution in [0.1, 0.15) is 15.9 Å². The summed E-state index contributed by atoms with van der Waals surface area (Å²) < 4.78 is 0. The monoisotopic (exact) mass is 383 g/mol. The SMILES string of the molecule is O=C(Nc1ccccc1)Nc1ccc2cc(C(=O)c3ccccc3O)cnc2c1. The van der Waals surface area contributed by atoms with E-state index in [-0.39, 0.29) is 23.1 Å². The zero-order valence-electron chi connectivity index (χ0n) is 15.3. The van der Waals surface area contributed by atoms with Crippen LogP contribution in [0.4, 0.5) is 16.2 Å². The molecule has 6 heteroatoms. The van der Waals surface area contributed by atoms with Crippen LogP contribution >= 0.6 is 0 Å². The minimum Gasteiger partial charge on any atom is -0.507 e. The Morgan fingerprint density at radius 3 is 2.31 bits per heavy atom. The fourth-order valence-corrected chi connectivity index (χ4v) is 2.96. The quantitative estimate of drug-likeness (QED) is 0.441. The maximum atomic E-state index is 12.6. The third-order valence-electron chi connectivity index (χ3n) is 4.38. The average molecular weight is 383 g/mol. The number of nitrogens with one attached hydrogen (secondary N) is 2. The van der Waals surface area contributed by atoms with Crippen LogP contribution < -0.4 is 10.6 Å². The number of para-hydroxylation sites is 2. The number of hydrogen-bond acceptors (Lipinski definition) is 4. The predicted molar refractivity (Wildman–Crippen MR) is 112 cm³/mol. The molecule has 0 atom stereocenters. The summed E-state index contributed by atoms with van der Waals surface area (Å²) in [6.45, 7) is 0. The lowest BCUT2D eigenvalue weighted by atomic mass is 10.0. The highest BCUT2D eigenvalue weighted by Crippen LogP contribution is 2.23. The third kappa shape index (κ3) is 4.06. The van der Waals surface area contributed by atoms with E-state index < -0.39 is 0 Å². The first kappa shape index (κ1) is 18.2. The molecular formula is C23H17N3O3. The number of rotatable bonds is 4. The van der Waals surface area contributed by atoms with Gasteiger partial charge in [-0.2, -0.15) is 0 Å². The van der Waals surface area contributed by atoms with Crippen molar-refractivity contribution in [2.45, 2.75) is 0 Å². The molecule has 1 aromatic heterocycles. The van der Waals surface area contributed by atoms with Crippen LogP contribution in [0.15, 0.2) is 85.1 Å². The number of carbonyl (C=O) groups is 2. The zero-order chi connectivity index (χ0) is 20.2. The highest BCUT2D eigenvalue weighted by atomic mass is 16.3. The number of urea groups is 1. The van der Waals surface area contributed by atoms with Gasteiger partial charge in [0.15, 0.2) is 5.78 Å². The second-order valence-corrected chi connectivity index (χ2v) is 6.42. The summed E-state index contributed by atoms with van der Waals surface area (Å²) in [5, 5.41) is 16.2. The lowest BCUT2D eigenvalue weighted by Crippen LogP contribution is -2.19. The van der Waals surface area contributed by atoms with Crippen LogP contribution in [0.2, 0.25) is 0 Å². The summed E-state index contributed by atoms with van der Waals surface area (Å²) in [6, 6.07) is 22.1. The molecule has 6 nitrogen and oxygen atoms in total. The molecule has 0 aliphatic rings. The number of hydrogen-bond donors (Lipinski definition) is 3. The molecule has 0 fully saturated rings. The maximum absolute atomic E-state index is 12.6. The van der Waals surface area contributed by atoms with Crippen molar-refractivity contribution >= 4 is 34.1 Å². The molecule has 0 aliphatic carbocycles. The van der Waals surface area contributed by atoms with Crippen molar-refractivity contribution in [2.24, 2.45) is 0 Å². The Bertz CT molecular complexity index is 1210. The van der Waals surface area contributed by atoms with Crippen molar-refractivity contribution in [3.05, 3.63) is 96.2 Å². The number of pyridine rings is 1. The highest BCUT2D eigenvalue weighted by Gasteiger charge is 2.14. The van der Waals surface area contributed by atoms with Crippen LogP contribution in [0.5, 0.6) is 5.75 Å². The lowest BCUT2D eigenvalue weighted by Gasteiger charge is -2.09. The number of anilines is 2. The molecule has 0 unspecified atom stereocenters. The van der Waals surface area contributed by atoms with Crippen molar-refractivity contribution in [1.29, 1.82) is 0 Å². The maximum Gasteiger partial charge on any atom is 0.323 e. The summed E-state index contributed by atoms with van der Waals surface area (Å²) in [5.74, 6) is -0.372. The fraction of sp³-hybridized carbons (Fsp3) is 0. The molecule has 4 rings (SSSR count). The van der Waals surface area contributed by atoms with Crippen molar-refractivity contribution in [1.82, 2.24) is 4.98 Å². The number of benzene rings is 3. The standard InChI is InChI=1S/C23H17N3O3/c27-21-9-5-4-8-19(21)22(28)16-12-15-10-11-18(13-20(15)24-14-16)26-23(29)25-17-6-2-1-3-7-17/h1-14,27H,(H2,25,26,29). The summed E-state index contributed by atoms with van der Waals surface area (Å²) in [5.41, 5.74) is 2.51. The van der Waals surface area contributed by atoms with Gasteiger partial charge in [-0.3, -0.25) is 9.78 Å². The molecule has 0 saturated carbocycles. The predicted octanol–water partition coefficient (Wildman–Crippen LogP) is 4.82. The van der Waals surface area contributed by atoms with E-state index in [0.717, 1.165) is 5.39 Å². The lowest BCUT2D eigenvalue weighted by molar-refractivity contribution is 0.103. The summed E-state index contributed by atoms with van der Waals surface area (Å²) in [6.07, 6.45) is 1.46. The summed E-state index contributed by atoms with van der Waals surface area (Å²) in [4.78, 5) is 29.1. The van der Waals surface area contributed by atoms with Gasteiger partial charge in [0.2, 0.25) is 0 Å². The van der Waals surface area contributed by atoms with Gasteiger partial charge in [0, 0.05) is 28.5 Å². The van der Waals surface area contributed by atoms with Gasteiger partial charge in [-0.25, -0.2) is 4.79 Å². The average Bonchev–Trinajstić information content (AvgIpc) is 2.74. The van der Waals surface area contributed by atoms with E-state index >= 15 is 0 Å². The Kier molecular flexibility index (Phi) is 4.90. The van der Waals surface area contributed by atoms with E-state index in [4.69, 9.17) is 0 Å². The van der Waals surface area contributed by atoms with E-state index in [9.17, 15) is 14.7 Å². The van der Waals surface area contributed by atoms with E-state index in [1.54, 1.807) is 54.6 Å². The second-order valence-electron chi connectivity index (χ2n) is 6.42. The molecule has 0 saturated heterocycles. The molecule has 29 heavy (non-hydrogen) atoms. The molecule has 0 spiro atoms. The Hall–Kier alpha value is -4.19. The van der Waals surface area contributed by atoms with Crippen molar-refractivity contribution in [3.63, 3.8) is 0 Å². The topological polar surface area (TPSA) is 91.3 Å². The molecule has 4 aromatic rings. The van der Waals surface area contributed by atoms with Crippen LogP contribution in [0.25, 0.3) is 10.9 Å². The number of phenolic OH excluding ortho intramolecular Hbond substituents is 1. The van der Waals surface area contributed by atoms with Crippen LogP contribution in [-0.2, 0) is 0 Å². The molecule has 3 aromatic carbocycles. The molecule has 0 bridgehead atoms. The van der Waals surface area contributed by atoms with Gasteiger partial charge in [-0.1, -0.05) is 36.4 Å². The fourth-order valence-electron chi connectivity index (χ4n) is 2.96. The molecule has 2 amide bonds. The number of aromatic hydroxyl groups is 1. The summed E-state index contributed by atoms with van der Waals surface area (Å²) >= 11 is 0. The van der Waals surface area contributed by atoms with E-state index in [1.807, 2.05) is 18.2 Å². The second kappa shape index (κ2) is 7.82. The first-order valence-electron chi connectivity index (χ1n) is 8.96. The molecule has 0 radical (unpaired) electrons. The minimum absolute atomic E-state index is 0.0680. The minimum atomic E-state index is -0.359. The van der Waals surface area contributed by atoms with Crippen molar-refractivity contribution in [2.75, 3.05) is 10.6 Å². The summed E-state index contributed by atoms with van der Waals surface area (Å²) in [7, 11) is 0. The van der Waals surface area contributed by atoms with Crippen molar-refractivity contribution < 1.29 is 14.7 Å². The number of aromatic nitrogens is 1. The van der Waals surface area contributed by atoms with Crippen molar-refractivity contribution in [3.8, 4) is 5.75 Å². The van der Waals surface area contributed by atoms with Crippen LogP contribution in [0, 0.1) is 0 Å². The van der Waals surface area contributed by atoms with Gasteiger partial charge < -0.3 is 15.7 Å². The molecule has 3 N–H and O–H groups in total. The largest absolute Gasteiger partial charge is 0.507 e. The molecule has 142 valence electrons. The van der Waals surface area contributed by atoms with E-state index in [1.165, 1.54) is 12.3 Å². The van der Waals surface area contributed by atoms with Gasteiger partial charge in [-0.15, -0.1) is 0 Å². The molecular weight excluding hydrogens is 366 g/mol. The van der Waals surface area contributed by atoms with Crippen LogP contribution in [0.3, 0.4) is 0 Å². The normalized spacial score (nSPS) is 10.5. The number of phenols is 1. The van der Waals surface area contributed by atoms with Gasteiger partial charge >= 0.3 is 6.03 Å². The number of carbonyl (C=O) groups excluding carboxylic acids is 2. The zero-order valence-corrected chi connectivity index (χ0v) is 15.3. The van der Waals surface area contributed by atoms with Gasteiger partial charge in [0.1, 0.15) is 5.75 Å². The number of amides is 2. The Balaban J connectivity index is 1.53. The number of fused-ring (bicyclic) bond motifs is 1. The van der Waals surface area contributed by atoms with Gasteiger partial charge in [0.05, 0.1) is 11.1 Å². The number of nitrogens with zero attached hydrogens (tertiary/aromatic N) is 1. The molecule has 1 heterocycles. The first-order chi connectivity index (χ1) is 14.1. The Labute approximate surface area is 166 Å². The first-order valence-corrected chi connectivity index (χ1v) is 8.96. The van der Waals surface area contributed by atoms with E-state index in [2.05, 4.69) is 15.6 Å². The Morgan fingerprint density at radius 1 is 0.793 bits per heavy atom. The third-order valence-corrected chi connectivity index (χ3v) is 4.38. The van der Waals surface area contributed by atoms with Gasteiger partial charge in [0.25, 0.3) is 0 Å². The van der Waals surface area contributed by atoms with Gasteiger partial charge in [-0.05, 0) is 42.5 Å². The van der Waals surface area contributed by atoms with Crippen LogP contribution in [-0.4, -0.2) is 21.9 Å². The Morgan fingerprint density at radius 2 is 1.52 bits per heavy atom.